The van der Waals surface area contributed by atoms with Crippen molar-refractivity contribution in [2.45, 2.75) is 38.7 Å². The predicted octanol–water partition coefficient (Wildman–Crippen LogP) is 3.82. The Morgan fingerprint density at radius 1 is 1.00 bits per heavy atom. The molecule has 0 aromatic heterocycles. The van der Waals surface area contributed by atoms with Gasteiger partial charge in [-0.05, 0) is 61.9 Å². The van der Waals surface area contributed by atoms with Crippen molar-refractivity contribution < 1.29 is 13.9 Å². The van der Waals surface area contributed by atoms with Crippen LogP contribution in [0.4, 0.5) is 10.1 Å². The number of carbonyl (C=O) groups is 1. The number of para-hydroxylation sites is 1. The van der Waals surface area contributed by atoms with Crippen LogP contribution in [0.3, 0.4) is 0 Å². The summed E-state index contributed by atoms with van der Waals surface area (Å²) < 4.78 is 20.1. The van der Waals surface area contributed by atoms with E-state index in [4.69, 9.17) is 4.74 Å². The lowest BCUT2D eigenvalue weighted by Crippen LogP contribution is -2.52. The summed E-state index contributed by atoms with van der Waals surface area (Å²) in [7, 11) is 0. The highest BCUT2D eigenvalue weighted by atomic mass is 19.1. The van der Waals surface area contributed by atoms with E-state index < -0.39 is 6.10 Å². The summed E-state index contributed by atoms with van der Waals surface area (Å²) in [5, 5.41) is 0. The Kier molecular flexibility index (Phi) is 5.51. The Morgan fingerprint density at radius 2 is 1.75 bits per heavy atom. The first-order valence-electron chi connectivity index (χ1n) is 10.2. The summed E-state index contributed by atoms with van der Waals surface area (Å²) in [6, 6.07) is 13.0. The lowest BCUT2D eigenvalue weighted by molar-refractivity contribution is -0.138. The normalized spacial score (nSPS) is 17.8. The molecule has 1 aliphatic heterocycles. The van der Waals surface area contributed by atoms with Gasteiger partial charge in [-0.3, -0.25) is 4.79 Å². The molecule has 1 amide bonds. The molecule has 2 aromatic carbocycles. The lowest BCUT2D eigenvalue weighted by Gasteiger charge is -2.37. The first-order chi connectivity index (χ1) is 13.6. The zero-order chi connectivity index (χ0) is 19.5. The summed E-state index contributed by atoms with van der Waals surface area (Å²) in [6.07, 6.45) is 3.99. The largest absolute Gasteiger partial charge is 0.481 e. The van der Waals surface area contributed by atoms with Crippen LogP contribution >= 0.6 is 0 Å². The fraction of sp³-hybridized carbons (Fsp3) is 0.435. The van der Waals surface area contributed by atoms with E-state index in [0.717, 1.165) is 18.6 Å². The summed E-state index contributed by atoms with van der Waals surface area (Å²) in [6.45, 7) is 4.23. The molecule has 2 aromatic rings. The fourth-order valence-corrected chi connectivity index (χ4v) is 4.23. The van der Waals surface area contributed by atoms with Gasteiger partial charge in [0, 0.05) is 26.2 Å². The highest BCUT2D eigenvalue weighted by Crippen LogP contribution is 2.30. The maximum atomic E-state index is 14.0. The zero-order valence-corrected chi connectivity index (χ0v) is 16.4. The van der Waals surface area contributed by atoms with Gasteiger partial charge in [-0.2, -0.15) is 0 Å². The zero-order valence-electron chi connectivity index (χ0n) is 16.4. The molecule has 2 aliphatic rings. The molecule has 0 radical (unpaired) electrons. The van der Waals surface area contributed by atoms with Crippen molar-refractivity contribution >= 4 is 11.6 Å². The highest BCUT2D eigenvalue weighted by molar-refractivity contribution is 5.81. The molecule has 4 rings (SSSR count). The first kappa shape index (κ1) is 18.8. The van der Waals surface area contributed by atoms with E-state index in [1.165, 1.54) is 30.0 Å². The van der Waals surface area contributed by atoms with Gasteiger partial charge in [0.2, 0.25) is 0 Å². The number of amides is 1. The minimum Gasteiger partial charge on any atom is -0.481 e. The topological polar surface area (TPSA) is 32.8 Å². The number of rotatable bonds is 4. The Bertz CT molecular complexity index is 846. The van der Waals surface area contributed by atoms with Crippen molar-refractivity contribution in [1.29, 1.82) is 0 Å². The maximum Gasteiger partial charge on any atom is 0.263 e. The van der Waals surface area contributed by atoms with E-state index in [0.29, 0.717) is 31.9 Å². The molecule has 0 saturated carbocycles. The molecular weight excluding hydrogens is 355 g/mol. The van der Waals surface area contributed by atoms with Gasteiger partial charge in [-0.25, -0.2) is 4.39 Å². The third-order valence-electron chi connectivity index (χ3n) is 5.79. The number of hydrogen-bond donors (Lipinski definition) is 0. The second kappa shape index (κ2) is 8.21. The quantitative estimate of drug-likeness (QED) is 0.806. The maximum absolute atomic E-state index is 14.0. The third kappa shape index (κ3) is 3.84. The average molecular weight is 382 g/mol. The second-order valence-electron chi connectivity index (χ2n) is 7.62. The standard InChI is InChI=1S/C23H27FN2O2/c1-17(28-22-12-6-8-18-7-2-3-9-19(18)22)23(27)26-15-13-25(14-16-26)21-11-5-4-10-20(21)24/h4-6,8,10-12,17H,2-3,7,9,13-16H2,1H3. The Hall–Kier alpha value is -2.56. The second-order valence-corrected chi connectivity index (χ2v) is 7.62. The number of piperazine rings is 1. The average Bonchev–Trinajstić information content (AvgIpc) is 2.74. The third-order valence-corrected chi connectivity index (χ3v) is 5.79. The summed E-state index contributed by atoms with van der Waals surface area (Å²) >= 11 is 0. The van der Waals surface area contributed by atoms with Crippen molar-refractivity contribution in [2.24, 2.45) is 0 Å². The molecule has 1 unspecified atom stereocenters. The first-order valence-corrected chi connectivity index (χ1v) is 10.2. The smallest absolute Gasteiger partial charge is 0.263 e. The van der Waals surface area contributed by atoms with Crippen LogP contribution in [0, 0.1) is 5.82 Å². The van der Waals surface area contributed by atoms with Crippen LogP contribution < -0.4 is 9.64 Å². The van der Waals surface area contributed by atoms with Crippen LogP contribution in [0.1, 0.15) is 30.9 Å². The van der Waals surface area contributed by atoms with E-state index in [9.17, 15) is 9.18 Å². The fourth-order valence-electron chi connectivity index (χ4n) is 4.23. The molecule has 4 nitrogen and oxygen atoms in total. The molecule has 148 valence electrons. The predicted molar refractivity (Wildman–Crippen MR) is 108 cm³/mol. The molecule has 1 saturated heterocycles. The van der Waals surface area contributed by atoms with E-state index >= 15 is 0 Å². The molecule has 0 N–H and O–H groups in total. The lowest BCUT2D eigenvalue weighted by atomic mass is 9.91. The molecule has 1 atom stereocenters. The number of benzene rings is 2. The number of ether oxygens (including phenoxy) is 1. The minimum atomic E-state index is -0.520. The Balaban J connectivity index is 1.37. The van der Waals surface area contributed by atoms with Gasteiger partial charge < -0.3 is 14.5 Å². The van der Waals surface area contributed by atoms with Crippen LogP contribution in [0.25, 0.3) is 0 Å². The summed E-state index contributed by atoms with van der Waals surface area (Å²) in [5.41, 5.74) is 3.22. The van der Waals surface area contributed by atoms with Crippen molar-refractivity contribution in [3.8, 4) is 5.75 Å². The van der Waals surface area contributed by atoms with Crippen molar-refractivity contribution in [3.63, 3.8) is 0 Å². The van der Waals surface area contributed by atoms with Crippen LogP contribution in [0.5, 0.6) is 5.75 Å². The number of carbonyl (C=O) groups excluding carboxylic acids is 1. The molecular formula is C23H27FN2O2. The van der Waals surface area contributed by atoms with Gasteiger partial charge in [0.15, 0.2) is 6.10 Å². The van der Waals surface area contributed by atoms with E-state index in [1.54, 1.807) is 12.1 Å². The van der Waals surface area contributed by atoms with Gasteiger partial charge >= 0.3 is 0 Å². The van der Waals surface area contributed by atoms with Gasteiger partial charge in [-0.15, -0.1) is 0 Å². The molecule has 1 aliphatic carbocycles. The van der Waals surface area contributed by atoms with Crippen LogP contribution in [0.2, 0.25) is 0 Å². The number of nitrogens with zero attached hydrogens (tertiary/aromatic N) is 2. The molecule has 1 heterocycles. The molecule has 1 fully saturated rings. The molecule has 28 heavy (non-hydrogen) atoms. The minimum absolute atomic E-state index is 0.00148. The number of anilines is 1. The Morgan fingerprint density at radius 3 is 2.54 bits per heavy atom. The Labute approximate surface area is 165 Å². The molecule has 0 spiro atoms. The van der Waals surface area contributed by atoms with Crippen molar-refractivity contribution in [2.75, 3.05) is 31.1 Å². The van der Waals surface area contributed by atoms with E-state index in [-0.39, 0.29) is 11.7 Å². The summed E-state index contributed by atoms with van der Waals surface area (Å²) in [5.74, 6) is 0.637. The van der Waals surface area contributed by atoms with E-state index in [1.807, 2.05) is 34.9 Å². The van der Waals surface area contributed by atoms with Gasteiger partial charge in [0.05, 0.1) is 5.69 Å². The van der Waals surface area contributed by atoms with Crippen molar-refractivity contribution in [1.82, 2.24) is 4.90 Å². The van der Waals surface area contributed by atoms with Gasteiger partial charge in [0.25, 0.3) is 5.91 Å². The summed E-state index contributed by atoms with van der Waals surface area (Å²) in [4.78, 5) is 16.7. The number of hydrogen-bond acceptors (Lipinski definition) is 3. The van der Waals surface area contributed by atoms with Crippen LogP contribution in [-0.2, 0) is 17.6 Å². The van der Waals surface area contributed by atoms with E-state index in [2.05, 4.69) is 6.07 Å². The highest BCUT2D eigenvalue weighted by Gasteiger charge is 2.27. The van der Waals surface area contributed by atoms with Gasteiger partial charge in [-0.1, -0.05) is 24.3 Å². The van der Waals surface area contributed by atoms with Crippen molar-refractivity contribution in [3.05, 3.63) is 59.4 Å². The van der Waals surface area contributed by atoms with Gasteiger partial charge in [0.1, 0.15) is 11.6 Å². The number of aryl methyl sites for hydroxylation is 1. The van der Waals surface area contributed by atoms with Crippen LogP contribution in [-0.4, -0.2) is 43.1 Å². The molecule has 0 bridgehead atoms. The number of halogens is 1. The van der Waals surface area contributed by atoms with Crippen LogP contribution in [0.15, 0.2) is 42.5 Å². The SMILES string of the molecule is CC(Oc1cccc2c1CCCC2)C(=O)N1CCN(c2ccccc2F)CC1. The monoisotopic (exact) mass is 382 g/mol. The molecule has 5 heteroatoms. The number of fused-ring (bicyclic) bond motifs is 1.